The van der Waals surface area contributed by atoms with Gasteiger partial charge in [-0.2, -0.15) is 0 Å². The van der Waals surface area contributed by atoms with Crippen molar-refractivity contribution in [2.75, 3.05) is 33.4 Å². The molecule has 0 unspecified atom stereocenters. The fourth-order valence-corrected chi connectivity index (χ4v) is 2.03. The van der Waals surface area contributed by atoms with Gasteiger partial charge in [-0.25, -0.2) is 0 Å². The first-order valence-electron chi connectivity index (χ1n) is 5.95. The summed E-state index contributed by atoms with van der Waals surface area (Å²) in [4.78, 5) is 0. The standard InChI is InChI=1S/C11H21N3O2S/c1-3-7-16-9-11-14-13-10(17-11)4-5-12-6-8-15-2/h12H,3-9H2,1-2H3. The first-order valence-corrected chi connectivity index (χ1v) is 6.77. The molecule has 0 radical (unpaired) electrons. The fourth-order valence-electron chi connectivity index (χ4n) is 1.25. The highest BCUT2D eigenvalue weighted by Crippen LogP contribution is 2.11. The van der Waals surface area contributed by atoms with E-state index in [1.165, 1.54) is 0 Å². The molecule has 0 saturated carbocycles. The average Bonchev–Trinajstić information content (AvgIpc) is 2.77. The molecule has 0 aliphatic carbocycles. The number of hydrogen-bond donors (Lipinski definition) is 1. The summed E-state index contributed by atoms with van der Waals surface area (Å²) >= 11 is 1.63. The molecule has 0 bridgehead atoms. The first kappa shape index (κ1) is 14.5. The first-order chi connectivity index (χ1) is 8.36. The van der Waals surface area contributed by atoms with E-state index in [1.54, 1.807) is 18.4 Å². The van der Waals surface area contributed by atoms with E-state index in [-0.39, 0.29) is 0 Å². The number of ether oxygens (including phenoxy) is 2. The maximum Gasteiger partial charge on any atom is 0.143 e. The third kappa shape index (κ3) is 6.68. The van der Waals surface area contributed by atoms with Crippen molar-refractivity contribution in [2.45, 2.75) is 26.4 Å². The summed E-state index contributed by atoms with van der Waals surface area (Å²) in [5.74, 6) is 0. The van der Waals surface area contributed by atoms with Crippen LogP contribution in [-0.4, -0.2) is 43.6 Å². The van der Waals surface area contributed by atoms with Crippen molar-refractivity contribution in [3.63, 3.8) is 0 Å². The Morgan fingerprint density at radius 2 is 2.00 bits per heavy atom. The molecule has 1 heterocycles. The molecule has 0 fully saturated rings. The molecule has 0 aliphatic heterocycles. The van der Waals surface area contributed by atoms with Gasteiger partial charge < -0.3 is 14.8 Å². The van der Waals surface area contributed by atoms with Crippen molar-refractivity contribution in [3.8, 4) is 0 Å². The Morgan fingerprint density at radius 3 is 2.76 bits per heavy atom. The second-order valence-electron chi connectivity index (χ2n) is 3.63. The van der Waals surface area contributed by atoms with Crippen LogP contribution in [0.25, 0.3) is 0 Å². The quantitative estimate of drug-likeness (QED) is 0.641. The zero-order valence-electron chi connectivity index (χ0n) is 10.6. The number of nitrogens with zero attached hydrogens (tertiary/aromatic N) is 2. The lowest BCUT2D eigenvalue weighted by Gasteiger charge is -2.00. The molecule has 98 valence electrons. The SMILES string of the molecule is CCCOCc1nnc(CCNCCOC)s1. The summed E-state index contributed by atoms with van der Waals surface area (Å²) < 4.78 is 10.4. The second kappa shape index (κ2) is 9.47. The van der Waals surface area contributed by atoms with Crippen LogP contribution in [0, 0.1) is 0 Å². The Hall–Kier alpha value is -0.560. The van der Waals surface area contributed by atoms with Crippen LogP contribution < -0.4 is 5.32 Å². The zero-order chi connectivity index (χ0) is 12.3. The Morgan fingerprint density at radius 1 is 1.18 bits per heavy atom. The van der Waals surface area contributed by atoms with Crippen molar-refractivity contribution in [1.82, 2.24) is 15.5 Å². The maximum absolute atomic E-state index is 5.42. The third-order valence-corrected chi connectivity index (χ3v) is 3.04. The molecule has 17 heavy (non-hydrogen) atoms. The summed E-state index contributed by atoms with van der Waals surface area (Å²) in [5.41, 5.74) is 0. The van der Waals surface area contributed by atoms with Crippen LogP contribution in [0.15, 0.2) is 0 Å². The largest absolute Gasteiger partial charge is 0.383 e. The lowest BCUT2D eigenvalue weighted by atomic mass is 10.4. The van der Waals surface area contributed by atoms with Gasteiger partial charge in [0.2, 0.25) is 0 Å². The highest BCUT2D eigenvalue weighted by atomic mass is 32.1. The van der Waals surface area contributed by atoms with Gasteiger partial charge >= 0.3 is 0 Å². The van der Waals surface area contributed by atoms with E-state index in [9.17, 15) is 0 Å². The zero-order valence-corrected chi connectivity index (χ0v) is 11.4. The molecule has 6 heteroatoms. The van der Waals surface area contributed by atoms with E-state index >= 15 is 0 Å². The lowest BCUT2D eigenvalue weighted by molar-refractivity contribution is 0.121. The van der Waals surface area contributed by atoms with Gasteiger partial charge in [-0.05, 0) is 6.42 Å². The Balaban J connectivity index is 2.12. The number of nitrogens with one attached hydrogen (secondary N) is 1. The summed E-state index contributed by atoms with van der Waals surface area (Å²) in [5, 5.41) is 13.5. The average molecular weight is 259 g/mol. The number of aromatic nitrogens is 2. The van der Waals surface area contributed by atoms with Crippen molar-refractivity contribution in [3.05, 3.63) is 10.0 Å². The van der Waals surface area contributed by atoms with Crippen molar-refractivity contribution in [2.24, 2.45) is 0 Å². The monoisotopic (exact) mass is 259 g/mol. The van der Waals surface area contributed by atoms with E-state index in [2.05, 4.69) is 22.4 Å². The smallest absolute Gasteiger partial charge is 0.143 e. The highest BCUT2D eigenvalue weighted by Gasteiger charge is 2.03. The van der Waals surface area contributed by atoms with E-state index in [0.29, 0.717) is 6.61 Å². The summed E-state index contributed by atoms with van der Waals surface area (Å²) in [6, 6.07) is 0. The van der Waals surface area contributed by atoms with Gasteiger partial charge in [0.05, 0.1) is 6.61 Å². The van der Waals surface area contributed by atoms with E-state index in [1.807, 2.05) is 0 Å². The molecule has 0 amide bonds. The Kier molecular flexibility index (Phi) is 8.08. The number of methoxy groups -OCH3 is 1. The van der Waals surface area contributed by atoms with Crippen LogP contribution in [0.4, 0.5) is 0 Å². The Bertz CT molecular complexity index is 294. The molecule has 1 rings (SSSR count). The van der Waals surface area contributed by atoms with Crippen LogP contribution in [0.2, 0.25) is 0 Å². The van der Waals surface area contributed by atoms with Gasteiger partial charge in [0.15, 0.2) is 0 Å². The highest BCUT2D eigenvalue weighted by molar-refractivity contribution is 7.11. The molecule has 0 spiro atoms. The van der Waals surface area contributed by atoms with Crippen molar-refractivity contribution < 1.29 is 9.47 Å². The minimum atomic E-state index is 0.586. The molecule has 1 aromatic rings. The number of rotatable bonds is 10. The maximum atomic E-state index is 5.42. The molecule has 0 aromatic carbocycles. The van der Waals surface area contributed by atoms with Crippen molar-refractivity contribution in [1.29, 1.82) is 0 Å². The van der Waals surface area contributed by atoms with Gasteiger partial charge in [-0.3, -0.25) is 0 Å². The predicted octanol–water partition coefficient (Wildman–Crippen LogP) is 1.24. The fraction of sp³-hybridized carbons (Fsp3) is 0.818. The molecule has 1 aromatic heterocycles. The summed E-state index contributed by atoms with van der Waals surface area (Å²) in [7, 11) is 1.70. The van der Waals surface area contributed by atoms with E-state index in [0.717, 1.165) is 49.2 Å². The molecule has 5 nitrogen and oxygen atoms in total. The molecule has 0 saturated heterocycles. The van der Waals surface area contributed by atoms with Gasteiger partial charge in [0.1, 0.15) is 16.6 Å². The van der Waals surface area contributed by atoms with Crippen LogP contribution in [-0.2, 0) is 22.5 Å². The molecule has 0 atom stereocenters. The van der Waals surface area contributed by atoms with Crippen LogP contribution in [0.5, 0.6) is 0 Å². The molecule has 0 aliphatic rings. The van der Waals surface area contributed by atoms with Crippen LogP contribution >= 0.6 is 11.3 Å². The van der Waals surface area contributed by atoms with E-state index < -0.39 is 0 Å². The molecule has 1 N–H and O–H groups in total. The minimum Gasteiger partial charge on any atom is -0.383 e. The van der Waals surface area contributed by atoms with Crippen LogP contribution in [0.3, 0.4) is 0 Å². The number of hydrogen-bond acceptors (Lipinski definition) is 6. The third-order valence-electron chi connectivity index (χ3n) is 2.08. The Labute approximate surface area is 107 Å². The second-order valence-corrected chi connectivity index (χ2v) is 4.78. The van der Waals surface area contributed by atoms with Gasteiger partial charge in [-0.1, -0.05) is 18.3 Å². The van der Waals surface area contributed by atoms with Crippen LogP contribution in [0.1, 0.15) is 23.4 Å². The molecular formula is C11H21N3O2S. The molecular weight excluding hydrogens is 238 g/mol. The van der Waals surface area contributed by atoms with E-state index in [4.69, 9.17) is 9.47 Å². The van der Waals surface area contributed by atoms with Gasteiger partial charge in [-0.15, -0.1) is 10.2 Å². The topological polar surface area (TPSA) is 56.3 Å². The predicted molar refractivity (Wildman–Crippen MR) is 68.3 cm³/mol. The summed E-state index contributed by atoms with van der Waals surface area (Å²) in [6.45, 7) is 6.00. The minimum absolute atomic E-state index is 0.586. The normalized spacial score (nSPS) is 10.9. The lowest BCUT2D eigenvalue weighted by Crippen LogP contribution is -2.21. The van der Waals surface area contributed by atoms with Gasteiger partial charge in [0, 0.05) is 33.2 Å². The van der Waals surface area contributed by atoms with Crippen molar-refractivity contribution >= 4 is 11.3 Å². The van der Waals surface area contributed by atoms with Gasteiger partial charge in [0.25, 0.3) is 0 Å². The summed E-state index contributed by atoms with van der Waals surface area (Å²) in [6.07, 6.45) is 1.95.